The van der Waals surface area contributed by atoms with Gasteiger partial charge >= 0.3 is 0 Å². The zero-order valence-electron chi connectivity index (χ0n) is 17.0. The SMILES string of the molecule is Cn1nc(-c2ccccc2)c(/C=N/OCc2ccc(Cl)cc2Cl)c1Sc1ccc(Br)cc1. The molecule has 0 unspecified atom stereocenters. The van der Waals surface area contributed by atoms with E-state index in [1.54, 1.807) is 30.1 Å². The van der Waals surface area contributed by atoms with Gasteiger partial charge in [-0.25, -0.2) is 0 Å². The minimum Gasteiger partial charge on any atom is -0.391 e. The van der Waals surface area contributed by atoms with E-state index in [1.165, 1.54) is 0 Å². The first-order valence-corrected chi connectivity index (χ1v) is 12.0. The fourth-order valence-electron chi connectivity index (χ4n) is 3.02. The molecule has 0 atom stereocenters. The van der Waals surface area contributed by atoms with E-state index in [0.29, 0.717) is 10.0 Å². The van der Waals surface area contributed by atoms with E-state index in [9.17, 15) is 0 Å². The summed E-state index contributed by atoms with van der Waals surface area (Å²) in [7, 11) is 1.93. The highest BCUT2D eigenvalue weighted by Crippen LogP contribution is 2.35. The van der Waals surface area contributed by atoms with Crippen LogP contribution in [0.25, 0.3) is 11.3 Å². The predicted molar refractivity (Wildman–Crippen MR) is 136 cm³/mol. The number of rotatable bonds is 7. The molecule has 0 radical (unpaired) electrons. The van der Waals surface area contributed by atoms with Crippen LogP contribution >= 0.6 is 50.9 Å². The van der Waals surface area contributed by atoms with Gasteiger partial charge in [0.1, 0.15) is 17.3 Å². The van der Waals surface area contributed by atoms with Crippen LogP contribution in [0.15, 0.2) is 92.3 Å². The third-order valence-electron chi connectivity index (χ3n) is 4.60. The molecule has 0 bridgehead atoms. The molecule has 0 saturated carbocycles. The Morgan fingerprint density at radius 3 is 2.53 bits per heavy atom. The molecule has 1 aromatic heterocycles. The van der Waals surface area contributed by atoms with E-state index in [4.69, 9.17) is 33.1 Å². The van der Waals surface area contributed by atoms with Crippen molar-refractivity contribution in [2.45, 2.75) is 16.5 Å². The van der Waals surface area contributed by atoms with E-state index >= 15 is 0 Å². The molecule has 0 saturated heterocycles. The lowest BCUT2D eigenvalue weighted by atomic mass is 10.1. The van der Waals surface area contributed by atoms with E-state index in [-0.39, 0.29) is 6.61 Å². The van der Waals surface area contributed by atoms with Crippen molar-refractivity contribution in [3.63, 3.8) is 0 Å². The molecule has 0 aliphatic rings. The van der Waals surface area contributed by atoms with Gasteiger partial charge in [-0.15, -0.1) is 0 Å². The standard InChI is InChI=1S/C24H18BrCl2N3OS/c1-30-24(32-20-11-8-18(25)9-12-20)21(23(29-30)16-5-3-2-4-6-16)14-28-31-15-17-7-10-19(26)13-22(17)27/h2-14H,15H2,1H3/b28-14+. The Hall–Kier alpha value is -2.25. The third kappa shape index (κ3) is 5.56. The Bertz CT molecular complexity index is 1240. The molecule has 0 spiro atoms. The van der Waals surface area contributed by atoms with Crippen molar-refractivity contribution in [2.75, 3.05) is 0 Å². The highest BCUT2D eigenvalue weighted by Gasteiger charge is 2.17. The summed E-state index contributed by atoms with van der Waals surface area (Å²) in [5.41, 5.74) is 3.54. The third-order valence-corrected chi connectivity index (χ3v) is 6.90. The maximum atomic E-state index is 6.22. The molecule has 8 heteroatoms. The summed E-state index contributed by atoms with van der Waals surface area (Å²) in [6.45, 7) is 0.239. The lowest BCUT2D eigenvalue weighted by Crippen LogP contribution is -1.94. The highest BCUT2D eigenvalue weighted by molar-refractivity contribution is 9.10. The average Bonchev–Trinajstić information content (AvgIpc) is 3.10. The Labute approximate surface area is 209 Å². The smallest absolute Gasteiger partial charge is 0.143 e. The maximum Gasteiger partial charge on any atom is 0.143 e. The number of hydrogen-bond acceptors (Lipinski definition) is 4. The van der Waals surface area contributed by atoms with Gasteiger partial charge in [-0.05, 0) is 36.4 Å². The van der Waals surface area contributed by atoms with Crippen LogP contribution < -0.4 is 0 Å². The predicted octanol–water partition coefficient (Wildman–Crippen LogP) is 7.86. The second-order valence-corrected chi connectivity index (χ2v) is 9.68. The summed E-state index contributed by atoms with van der Waals surface area (Å²) in [5, 5.41) is 11.1. The maximum absolute atomic E-state index is 6.22. The minimum atomic E-state index is 0.239. The van der Waals surface area contributed by atoms with Gasteiger partial charge in [0, 0.05) is 37.6 Å². The quantitative estimate of drug-likeness (QED) is 0.175. The second kappa shape index (κ2) is 10.6. The van der Waals surface area contributed by atoms with Gasteiger partial charge in [-0.3, -0.25) is 4.68 Å². The van der Waals surface area contributed by atoms with E-state index in [0.717, 1.165) is 36.8 Å². The van der Waals surface area contributed by atoms with Crippen LogP contribution in [0.4, 0.5) is 0 Å². The molecule has 0 aliphatic carbocycles. The van der Waals surface area contributed by atoms with Crippen LogP contribution in [0.5, 0.6) is 0 Å². The van der Waals surface area contributed by atoms with Gasteiger partial charge in [0.15, 0.2) is 0 Å². The molecule has 4 nitrogen and oxygen atoms in total. The Balaban J connectivity index is 1.63. The Kier molecular flexibility index (Phi) is 7.58. The first-order valence-electron chi connectivity index (χ1n) is 9.66. The molecular weight excluding hydrogens is 529 g/mol. The molecule has 0 aliphatic heterocycles. The number of nitrogens with zero attached hydrogens (tertiary/aromatic N) is 3. The van der Waals surface area contributed by atoms with Crippen molar-refractivity contribution in [1.29, 1.82) is 0 Å². The lowest BCUT2D eigenvalue weighted by molar-refractivity contribution is 0.132. The number of hydrogen-bond donors (Lipinski definition) is 0. The average molecular weight is 547 g/mol. The first-order chi connectivity index (χ1) is 15.5. The monoisotopic (exact) mass is 545 g/mol. The van der Waals surface area contributed by atoms with Crippen LogP contribution in [0.1, 0.15) is 11.1 Å². The van der Waals surface area contributed by atoms with Crippen molar-refractivity contribution in [3.8, 4) is 11.3 Å². The molecule has 32 heavy (non-hydrogen) atoms. The van der Waals surface area contributed by atoms with Crippen molar-refractivity contribution in [2.24, 2.45) is 12.2 Å². The summed E-state index contributed by atoms with van der Waals surface area (Å²) < 4.78 is 2.90. The van der Waals surface area contributed by atoms with Gasteiger partial charge < -0.3 is 4.84 Å². The zero-order chi connectivity index (χ0) is 22.5. The highest BCUT2D eigenvalue weighted by atomic mass is 79.9. The molecule has 0 fully saturated rings. The van der Waals surface area contributed by atoms with E-state index in [2.05, 4.69) is 33.2 Å². The van der Waals surface area contributed by atoms with Crippen LogP contribution in [0, 0.1) is 0 Å². The summed E-state index contributed by atoms with van der Waals surface area (Å²) in [6.07, 6.45) is 1.71. The Morgan fingerprint density at radius 1 is 1.06 bits per heavy atom. The van der Waals surface area contributed by atoms with Crippen LogP contribution in [0.3, 0.4) is 0 Å². The molecular formula is C24H18BrCl2N3OS. The number of oxime groups is 1. The molecule has 4 aromatic rings. The zero-order valence-corrected chi connectivity index (χ0v) is 20.9. The minimum absolute atomic E-state index is 0.239. The molecule has 3 aromatic carbocycles. The van der Waals surface area contributed by atoms with Gasteiger partial charge in [0.2, 0.25) is 0 Å². The van der Waals surface area contributed by atoms with E-state index in [1.807, 2.05) is 60.3 Å². The van der Waals surface area contributed by atoms with Crippen LogP contribution in [0.2, 0.25) is 10.0 Å². The van der Waals surface area contributed by atoms with Crippen molar-refractivity contribution >= 4 is 57.1 Å². The summed E-state index contributed by atoms with van der Waals surface area (Å²) in [6, 6.07) is 23.5. The van der Waals surface area contributed by atoms with Gasteiger partial charge in [0.05, 0.1) is 11.8 Å². The molecule has 4 rings (SSSR count). The number of aromatic nitrogens is 2. The van der Waals surface area contributed by atoms with Crippen molar-refractivity contribution in [3.05, 3.63) is 98.4 Å². The molecule has 0 amide bonds. The van der Waals surface area contributed by atoms with Crippen molar-refractivity contribution < 1.29 is 4.84 Å². The number of aryl methyl sites for hydroxylation is 1. The van der Waals surface area contributed by atoms with E-state index < -0.39 is 0 Å². The molecule has 162 valence electrons. The molecule has 1 heterocycles. The van der Waals surface area contributed by atoms with Crippen LogP contribution in [-0.2, 0) is 18.5 Å². The summed E-state index contributed by atoms with van der Waals surface area (Å²) in [5.74, 6) is 0. The topological polar surface area (TPSA) is 39.4 Å². The summed E-state index contributed by atoms with van der Waals surface area (Å²) >= 11 is 17.3. The number of halogens is 3. The largest absolute Gasteiger partial charge is 0.391 e. The fourth-order valence-corrected chi connectivity index (χ4v) is 4.68. The Morgan fingerprint density at radius 2 is 1.81 bits per heavy atom. The van der Waals surface area contributed by atoms with Gasteiger partial charge in [0.25, 0.3) is 0 Å². The van der Waals surface area contributed by atoms with Gasteiger partial charge in [-0.2, -0.15) is 5.10 Å². The lowest BCUT2D eigenvalue weighted by Gasteiger charge is -2.05. The first kappa shape index (κ1) is 22.9. The normalized spacial score (nSPS) is 11.2. The molecule has 0 N–H and O–H groups in total. The van der Waals surface area contributed by atoms with Crippen LogP contribution in [-0.4, -0.2) is 16.0 Å². The fraction of sp³-hybridized carbons (Fsp3) is 0.0833. The number of benzene rings is 3. The van der Waals surface area contributed by atoms with Crippen molar-refractivity contribution in [1.82, 2.24) is 9.78 Å². The second-order valence-electron chi connectivity index (χ2n) is 6.86. The van der Waals surface area contributed by atoms with Gasteiger partial charge in [-0.1, -0.05) is 92.4 Å². The summed E-state index contributed by atoms with van der Waals surface area (Å²) in [4.78, 5) is 6.65.